The monoisotopic (exact) mass is 525 g/mol. The number of aromatic nitrogens is 3. The second-order valence-electron chi connectivity index (χ2n) is 8.08. The third-order valence-electron chi connectivity index (χ3n) is 5.78. The summed E-state index contributed by atoms with van der Waals surface area (Å²) in [6.07, 6.45) is 3.26. The fourth-order valence-electron chi connectivity index (χ4n) is 4.21. The molecule has 2 atom stereocenters. The molecule has 2 aliphatic rings. The first-order chi connectivity index (χ1) is 17.8. The maximum atomic E-state index is 13.0. The highest BCUT2D eigenvalue weighted by molar-refractivity contribution is 8.00. The number of hydrogen-bond acceptors (Lipinski definition) is 12. The molecule has 0 saturated carbocycles. The first-order valence-electron chi connectivity index (χ1n) is 10.8. The molecule has 5 rings (SSSR count). The number of nitrogen functional groups attached to an aromatic ring is 1. The van der Waals surface area contributed by atoms with Gasteiger partial charge < -0.3 is 35.4 Å². The smallest absolute Gasteiger partial charge is 0.319 e. The van der Waals surface area contributed by atoms with Crippen molar-refractivity contribution in [3.8, 4) is 5.75 Å². The van der Waals surface area contributed by atoms with Gasteiger partial charge in [0.25, 0.3) is 11.8 Å². The lowest BCUT2D eigenvalue weighted by atomic mass is 10.0. The number of benzene rings is 1. The molecule has 2 aliphatic heterocycles. The zero-order valence-electron chi connectivity index (χ0n) is 19.2. The number of carbonyl (C=O) groups excluding carboxylic acids is 3. The molecule has 1 aromatic carbocycles. The number of carbonyl (C=O) groups is 3. The number of pyridine rings is 1. The number of aromatic hydroxyl groups is 1. The Kier molecular flexibility index (Phi) is 6.12. The standard InChI is InChI=1S/C22H19N7O7S/c1-35-26-14(17-25-22(23)36-27-17)18(31)24-15-19(32)29-16(21(33)34)11(9-37-20(15)29)7-28-6-10-4-2-3-5-12(10)13(30)8-28/h2-6,8,15,20H,7,9H2,1H3,(H4-,23,24,25,27,30,31,33,34)/t15?,20-/m0/s1. The zero-order valence-corrected chi connectivity index (χ0v) is 20.0. The molecule has 4 N–H and O–H groups in total. The lowest BCUT2D eigenvalue weighted by molar-refractivity contribution is -0.688. The normalized spacial score (nSPS) is 19.4. The Morgan fingerprint density at radius 1 is 1.41 bits per heavy atom. The SMILES string of the molecule is CON=C(C(=O)NC1C(=O)N2C(C(=O)[O-])=C(C[n+]3cc(O)c4ccccc4c3)CS[C@@H]12)c1noc(N)n1. The second kappa shape index (κ2) is 9.42. The van der Waals surface area contributed by atoms with Crippen LogP contribution in [0.4, 0.5) is 6.01 Å². The van der Waals surface area contributed by atoms with E-state index in [4.69, 9.17) is 5.73 Å². The van der Waals surface area contributed by atoms with Crippen LogP contribution in [0.1, 0.15) is 5.82 Å². The van der Waals surface area contributed by atoms with Gasteiger partial charge in [0.15, 0.2) is 18.5 Å². The van der Waals surface area contributed by atoms with E-state index in [9.17, 15) is 24.6 Å². The molecule has 4 heterocycles. The number of fused-ring (bicyclic) bond motifs is 2. The van der Waals surface area contributed by atoms with Gasteiger partial charge in [0, 0.05) is 22.1 Å². The van der Waals surface area contributed by atoms with E-state index in [0.717, 1.165) is 10.3 Å². The molecule has 0 aliphatic carbocycles. The van der Waals surface area contributed by atoms with Gasteiger partial charge in [-0.15, -0.1) is 11.8 Å². The van der Waals surface area contributed by atoms with Crippen LogP contribution in [0, 0.1) is 0 Å². The van der Waals surface area contributed by atoms with E-state index < -0.39 is 29.2 Å². The van der Waals surface area contributed by atoms with Crippen molar-refractivity contribution in [2.24, 2.45) is 5.16 Å². The largest absolute Gasteiger partial charge is 0.543 e. The van der Waals surface area contributed by atoms with Gasteiger partial charge in [0.05, 0.1) is 11.7 Å². The summed E-state index contributed by atoms with van der Waals surface area (Å²) in [7, 11) is 1.20. The van der Waals surface area contributed by atoms with Crippen LogP contribution < -0.4 is 20.7 Å². The minimum Gasteiger partial charge on any atom is -0.543 e. The van der Waals surface area contributed by atoms with Crippen molar-refractivity contribution < 1.29 is 38.5 Å². The molecule has 0 radical (unpaired) electrons. The van der Waals surface area contributed by atoms with E-state index in [2.05, 4.69) is 30.0 Å². The zero-order chi connectivity index (χ0) is 26.3. The topological polar surface area (TPSA) is 200 Å². The number of aliphatic carboxylic acids is 1. The fourth-order valence-corrected chi connectivity index (χ4v) is 5.54. The number of oxime groups is 1. The van der Waals surface area contributed by atoms with Crippen molar-refractivity contribution in [2.75, 3.05) is 18.6 Å². The lowest BCUT2D eigenvalue weighted by Crippen LogP contribution is -2.71. The second-order valence-corrected chi connectivity index (χ2v) is 9.19. The van der Waals surface area contributed by atoms with E-state index in [-0.39, 0.29) is 41.3 Å². The summed E-state index contributed by atoms with van der Waals surface area (Å²) in [6.45, 7) is 0.103. The number of nitrogens with one attached hydrogen (secondary N) is 1. The van der Waals surface area contributed by atoms with Crippen molar-refractivity contribution in [3.05, 3.63) is 53.8 Å². The van der Waals surface area contributed by atoms with Crippen molar-refractivity contribution in [1.82, 2.24) is 20.4 Å². The molecule has 15 heteroatoms. The summed E-state index contributed by atoms with van der Waals surface area (Å²) < 4.78 is 6.29. The van der Waals surface area contributed by atoms with Crippen LogP contribution in [-0.2, 0) is 25.8 Å². The Labute approximate surface area is 212 Å². The van der Waals surface area contributed by atoms with E-state index in [0.29, 0.717) is 11.0 Å². The summed E-state index contributed by atoms with van der Waals surface area (Å²) in [4.78, 5) is 47.3. The van der Waals surface area contributed by atoms with Gasteiger partial charge in [-0.3, -0.25) is 14.5 Å². The molecule has 1 unspecified atom stereocenters. The van der Waals surface area contributed by atoms with E-state index in [1.165, 1.54) is 25.1 Å². The number of rotatable bonds is 7. The summed E-state index contributed by atoms with van der Waals surface area (Å²) in [5, 5.41) is 32.8. The molecule has 2 aromatic heterocycles. The van der Waals surface area contributed by atoms with Crippen LogP contribution in [0.25, 0.3) is 10.8 Å². The number of β-lactam (4-membered cyclic amide) rings is 1. The third-order valence-corrected chi connectivity index (χ3v) is 7.12. The molecular weight excluding hydrogens is 506 g/mol. The summed E-state index contributed by atoms with van der Waals surface area (Å²) >= 11 is 1.27. The first-order valence-corrected chi connectivity index (χ1v) is 11.8. The van der Waals surface area contributed by atoms with Gasteiger partial charge in [-0.1, -0.05) is 28.5 Å². The van der Waals surface area contributed by atoms with E-state index >= 15 is 0 Å². The molecule has 2 amide bonds. The molecule has 14 nitrogen and oxygen atoms in total. The Morgan fingerprint density at radius 2 is 2.19 bits per heavy atom. The number of carboxylic acids is 1. The summed E-state index contributed by atoms with van der Waals surface area (Å²) in [5.74, 6) is -2.97. The van der Waals surface area contributed by atoms with Crippen LogP contribution in [0.2, 0.25) is 0 Å². The maximum absolute atomic E-state index is 13.0. The van der Waals surface area contributed by atoms with E-state index in [1.54, 1.807) is 22.9 Å². The van der Waals surface area contributed by atoms with Crippen LogP contribution in [0.15, 0.2) is 57.6 Å². The number of nitrogens with zero attached hydrogens (tertiary/aromatic N) is 5. The van der Waals surface area contributed by atoms with E-state index in [1.807, 2.05) is 12.1 Å². The Morgan fingerprint density at radius 3 is 2.89 bits per heavy atom. The van der Waals surface area contributed by atoms with Crippen molar-refractivity contribution in [3.63, 3.8) is 0 Å². The Hall–Kier alpha value is -4.66. The highest BCUT2D eigenvalue weighted by Gasteiger charge is 2.53. The lowest BCUT2D eigenvalue weighted by Gasteiger charge is -2.50. The highest BCUT2D eigenvalue weighted by atomic mass is 32.2. The van der Waals surface area contributed by atoms with Crippen LogP contribution in [0.5, 0.6) is 5.75 Å². The van der Waals surface area contributed by atoms with Crippen LogP contribution in [-0.4, -0.2) is 67.9 Å². The third kappa shape index (κ3) is 4.29. The predicted octanol–water partition coefficient (Wildman–Crippen LogP) is -1.75. The van der Waals surface area contributed by atoms with Gasteiger partial charge in [0.2, 0.25) is 17.7 Å². The highest BCUT2D eigenvalue weighted by Crippen LogP contribution is 2.40. The Balaban J connectivity index is 1.38. The van der Waals surface area contributed by atoms with Gasteiger partial charge in [-0.25, -0.2) is 0 Å². The van der Waals surface area contributed by atoms with Gasteiger partial charge in [-0.2, -0.15) is 9.55 Å². The first kappa shape index (κ1) is 24.1. The average Bonchev–Trinajstić information content (AvgIpc) is 3.31. The molecule has 0 bridgehead atoms. The fraction of sp³-hybridized carbons (Fsp3) is 0.227. The molecule has 190 valence electrons. The number of amides is 2. The van der Waals surface area contributed by atoms with Crippen molar-refractivity contribution in [2.45, 2.75) is 18.0 Å². The van der Waals surface area contributed by atoms with Crippen molar-refractivity contribution in [1.29, 1.82) is 0 Å². The molecule has 1 fully saturated rings. The molecule has 3 aromatic rings. The summed E-state index contributed by atoms with van der Waals surface area (Å²) in [5.41, 5.74) is 5.17. The Bertz CT molecular complexity index is 1500. The number of carboxylic acid groups (broad SMARTS) is 1. The predicted molar refractivity (Wildman–Crippen MR) is 125 cm³/mol. The van der Waals surface area contributed by atoms with Gasteiger partial charge in [-0.05, 0) is 6.07 Å². The molecule has 1 saturated heterocycles. The van der Waals surface area contributed by atoms with Gasteiger partial charge in [0.1, 0.15) is 18.5 Å². The maximum Gasteiger partial charge on any atom is 0.319 e. The molecule has 37 heavy (non-hydrogen) atoms. The van der Waals surface area contributed by atoms with Crippen molar-refractivity contribution >= 4 is 52.0 Å². The number of nitrogens with two attached hydrogens (primary N) is 1. The molecular formula is C22H19N7O7S. The number of hydrogen-bond donors (Lipinski definition) is 3. The minimum absolute atomic E-state index is 0.0368. The number of anilines is 1. The minimum atomic E-state index is -1.52. The van der Waals surface area contributed by atoms with Gasteiger partial charge >= 0.3 is 6.01 Å². The van der Waals surface area contributed by atoms with Crippen LogP contribution in [0.3, 0.4) is 0 Å². The van der Waals surface area contributed by atoms with Crippen LogP contribution >= 0.6 is 11.8 Å². The quantitative estimate of drug-likeness (QED) is 0.137. The molecule has 0 spiro atoms. The average molecular weight is 526 g/mol. The number of thioether (sulfide) groups is 1. The summed E-state index contributed by atoms with van der Waals surface area (Å²) in [6, 6.07) is 5.87.